The van der Waals surface area contributed by atoms with Crippen LogP contribution in [-0.4, -0.2) is 40.0 Å². The van der Waals surface area contributed by atoms with Gasteiger partial charge in [-0.25, -0.2) is 0 Å². The summed E-state index contributed by atoms with van der Waals surface area (Å²) in [4.78, 5) is 0. The molecule has 0 saturated carbocycles. The molecule has 1 atom stereocenters. The molecule has 0 rings (SSSR count). The maximum absolute atomic E-state index is 5.16. The van der Waals surface area contributed by atoms with Crippen molar-refractivity contribution in [1.82, 2.24) is 5.32 Å². The van der Waals surface area contributed by atoms with E-state index in [1.165, 1.54) is 0 Å². The lowest BCUT2D eigenvalue weighted by molar-refractivity contribution is 0.0294. The zero-order chi connectivity index (χ0) is 9.40. The molecule has 3 heteroatoms. The Morgan fingerprint density at radius 1 is 1.50 bits per heavy atom. The summed E-state index contributed by atoms with van der Waals surface area (Å²) >= 11 is 0. The lowest BCUT2D eigenvalue weighted by Gasteiger charge is -2.14. The first-order valence-electron chi connectivity index (χ1n) is 4.07. The highest BCUT2D eigenvalue weighted by Gasteiger charge is 2.04. The van der Waals surface area contributed by atoms with E-state index in [1.54, 1.807) is 14.2 Å². The Hall–Kier alpha value is -0.380. The van der Waals surface area contributed by atoms with Crippen LogP contribution in [0, 0.1) is 0 Å². The maximum Gasteiger partial charge on any atom is 0.0928 e. The quantitative estimate of drug-likeness (QED) is 0.578. The number of nitrogens with one attached hydrogen (secondary N) is 1. The summed E-state index contributed by atoms with van der Waals surface area (Å²) in [5.74, 6) is 0. The molecule has 0 aliphatic heterocycles. The Morgan fingerprint density at radius 3 is 2.58 bits per heavy atom. The van der Waals surface area contributed by atoms with Crippen LogP contribution in [0.15, 0.2) is 12.2 Å². The van der Waals surface area contributed by atoms with Crippen molar-refractivity contribution in [3.05, 3.63) is 12.2 Å². The fourth-order valence-electron chi connectivity index (χ4n) is 0.843. The van der Waals surface area contributed by atoms with Crippen molar-refractivity contribution in [2.75, 3.05) is 33.9 Å². The average molecular weight is 173 g/mol. The van der Waals surface area contributed by atoms with E-state index in [1.807, 2.05) is 6.92 Å². The highest BCUT2D eigenvalue weighted by Crippen LogP contribution is 1.89. The van der Waals surface area contributed by atoms with Crippen LogP contribution in [0.1, 0.15) is 6.92 Å². The van der Waals surface area contributed by atoms with Crippen molar-refractivity contribution >= 4 is 0 Å². The molecule has 0 saturated heterocycles. The summed E-state index contributed by atoms with van der Waals surface area (Å²) < 4.78 is 10.1. The van der Waals surface area contributed by atoms with Crippen LogP contribution < -0.4 is 5.32 Å². The lowest BCUT2D eigenvalue weighted by Crippen LogP contribution is -2.32. The van der Waals surface area contributed by atoms with Crippen LogP contribution in [0.5, 0.6) is 0 Å². The van der Waals surface area contributed by atoms with E-state index in [4.69, 9.17) is 9.47 Å². The molecule has 0 spiro atoms. The average Bonchev–Trinajstić information content (AvgIpc) is 2.02. The van der Waals surface area contributed by atoms with E-state index in [9.17, 15) is 0 Å². The molecule has 3 nitrogen and oxygen atoms in total. The largest absolute Gasteiger partial charge is 0.382 e. The van der Waals surface area contributed by atoms with Crippen LogP contribution in [0.2, 0.25) is 0 Å². The molecular formula is C9H19NO2. The number of hydrogen-bond donors (Lipinski definition) is 1. The molecule has 0 aromatic heterocycles. The van der Waals surface area contributed by atoms with Gasteiger partial charge in [-0.3, -0.25) is 0 Å². The fourth-order valence-corrected chi connectivity index (χ4v) is 0.843. The molecule has 1 unspecified atom stereocenters. The third kappa shape index (κ3) is 6.34. The van der Waals surface area contributed by atoms with E-state index in [2.05, 4.69) is 11.9 Å². The summed E-state index contributed by atoms with van der Waals surface area (Å²) in [5.41, 5.74) is 1.13. The summed E-state index contributed by atoms with van der Waals surface area (Å²) in [6.07, 6.45) is 0.134. The predicted octanol–water partition coefficient (Wildman–Crippen LogP) is 0.813. The van der Waals surface area contributed by atoms with E-state index < -0.39 is 0 Å². The van der Waals surface area contributed by atoms with Crippen molar-refractivity contribution in [2.45, 2.75) is 13.0 Å². The highest BCUT2D eigenvalue weighted by molar-refractivity contribution is 4.90. The van der Waals surface area contributed by atoms with Gasteiger partial charge in [0.05, 0.1) is 12.7 Å². The first-order valence-corrected chi connectivity index (χ1v) is 4.07. The summed E-state index contributed by atoms with van der Waals surface area (Å²) in [6, 6.07) is 0. The third-order valence-corrected chi connectivity index (χ3v) is 1.48. The molecule has 0 fully saturated rings. The Labute approximate surface area is 74.7 Å². The zero-order valence-corrected chi connectivity index (χ0v) is 8.22. The SMILES string of the molecule is C=C(C)CNCC(COC)OC. The molecule has 0 aromatic rings. The first-order chi connectivity index (χ1) is 5.70. The minimum absolute atomic E-state index is 0.134. The molecule has 0 aliphatic carbocycles. The van der Waals surface area contributed by atoms with Crippen LogP contribution in [-0.2, 0) is 9.47 Å². The van der Waals surface area contributed by atoms with Gasteiger partial charge in [-0.2, -0.15) is 0 Å². The van der Waals surface area contributed by atoms with Crippen LogP contribution in [0.3, 0.4) is 0 Å². The molecule has 0 aliphatic rings. The number of rotatable bonds is 7. The van der Waals surface area contributed by atoms with Gasteiger partial charge in [0.25, 0.3) is 0 Å². The molecule has 0 bridgehead atoms. The lowest BCUT2D eigenvalue weighted by atomic mass is 10.3. The van der Waals surface area contributed by atoms with E-state index in [0.29, 0.717) is 6.61 Å². The van der Waals surface area contributed by atoms with Crippen LogP contribution in [0.25, 0.3) is 0 Å². The molecule has 0 amide bonds. The second-order valence-electron chi connectivity index (χ2n) is 2.90. The van der Waals surface area contributed by atoms with Crippen molar-refractivity contribution in [3.63, 3.8) is 0 Å². The number of hydrogen-bond acceptors (Lipinski definition) is 3. The zero-order valence-electron chi connectivity index (χ0n) is 8.22. The van der Waals surface area contributed by atoms with Crippen molar-refractivity contribution < 1.29 is 9.47 Å². The molecule has 1 N–H and O–H groups in total. The van der Waals surface area contributed by atoms with Gasteiger partial charge in [0, 0.05) is 27.3 Å². The Bertz CT molecular complexity index is 126. The summed E-state index contributed by atoms with van der Waals surface area (Å²) in [6.45, 7) is 8.04. The van der Waals surface area contributed by atoms with E-state index in [0.717, 1.165) is 18.7 Å². The Morgan fingerprint density at radius 2 is 2.17 bits per heavy atom. The van der Waals surface area contributed by atoms with Gasteiger partial charge in [-0.15, -0.1) is 0 Å². The second kappa shape index (κ2) is 7.28. The third-order valence-electron chi connectivity index (χ3n) is 1.48. The standard InChI is InChI=1S/C9H19NO2/c1-8(2)5-10-6-9(12-4)7-11-3/h9-10H,1,5-7H2,2-4H3. The van der Waals surface area contributed by atoms with Crippen molar-refractivity contribution in [2.24, 2.45) is 0 Å². The number of methoxy groups -OCH3 is 2. The first kappa shape index (κ1) is 11.6. The smallest absolute Gasteiger partial charge is 0.0928 e. The van der Waals surface area contributed by atoms with Gasteiger partial charge < -0.3 is 14.8 Å². The minimum Gasteiger partial charge on any atom is -0.382 e. The van der Waals surface area contributed by atoms with E-state index >= 15 is 0 Å². The highest BCUT2D eigenvalue weighted by atomic mass is 16.5. The monoisotopic (exact) mass is 173 g/mol. The predicted molar refractivity (Wildman–Crippen MR) is 50.4 cm³/mol. The van der Waals surface area contributed by atoms with Gasteiger partial charge >= 0.3 is 0 Å². The van der Waals surface area contributed by atoms with Crippen LogP contribution in [0.4, 0.5) is 0 Å². The van der Waals surface area contributed by atoms with Gasteiger partial charge in [-0.05, 0) is 6.92 Å². The minimum atomic E-state index is 0.134. The molecule has 0 heterocycles. The van der Waals surface area contributed by atoms with E-state index in [-0.39, 0.29) is 6.10 Å². The summed E-state index contributed by atoms with van der Waals surface area (Å²) in [7, 11) is 3.36. The van der Waals surface area contributed by atoms with Gasteiger partial charge in [0.2, 0.25) is 0 Å². The Kier molecular flexibility index (Phi) is 7.05. The normalized spacial score (nSPS) is 12.9. The molecule has 12 heavy (non-hydrogen) atoms. The Balaban J connectivity index is 3.37. The second-order valence-corrected chi connectivity index (χ2v) is 2.90. The van der Waals surface area contributed by atoms with Crippen molar-refractivity contribution in [1.29, 1.82) is 0 Å². The number of ether oxygens (including phenoxy) is 2. The topological polar surface area (TPSA) is 30.5 Å². The van der Waals surface area contributed by atoms with Crippen molar-refractivity contribution in [3.8, 4) is 0 Å². The van der Waals surface area contributed by atoms with Gasteiger partial charge in [0.1, 0.15) is 0 Å². The van der Waals surface area contributed by atoms with Gasteiger partial charge in [0.15, 0.2) is 0 Å². The van der Waals surface area contributed by atoms with Crippen LogP contribution >= 0.6 is 0 Å². The maximum atomic E-state index is 5.16. The fraction of sp³-hybridized carbons (Fsp3) is 0.778. The molecule has 72 valence electrons. The summed E-state index contributed by atoms with van der Waals surface area (Å²) in [5, 5.41) is 3.22. The van der Waals surface area contributed by atoms with Gasteiger partial charge in [-0.1, -0.05) is 12.2 Å². The molecule has 0 aromatic carbocycles. The molecular weight excluding hydrogens is 154 g/mol. The molecule has 0 radical (unpaired) electrons.